The molecule has 0 aliphatic heterocycles. The van der Waals surface area contributed by atoms with Gasteiger partial charge in [-0.25, -0.2) is 8.78 Å². The molecule has 0 amide bonds. The zero-order chi connectivity index (χ0) is 19.4. The van der Waals surface area contributed by atoms with Gasteiger partial charge in [-0.3, -0.25) is 9.59 Å². The summed E-state index contributed by atoms with van der Waals surface area (Å²) >= 11 is 0. The molecule has 0 aliphatic rings. The first-order valence-corrected chi connectivity index (χ1v) is 8.30. The molecule has 0 radical (unpaired) electrons. The van der Waals surface area contributed by atoms with E-state index < -0.39 is 17.4 Å². The summed E-state index contributed by atoms with van der Waals surface area (Å²) < 4.78 is 33.6. The molecule has 0 saturated carbocycles. The maximum absolute atomic E-state index is 13.3. The Morgan fingerprint density at radius 1 is 1.04 bits per heavy atom. The van der Waals surface area contributed by atoms with Crippen LogP contribution >= 0.6 is 0 Å². The van der Waals surface area contributed by atoms with Gasteiger partial charge in [-0.2, -0.15) is 0 Å². The van der Waals surface area contributed by atoms with Gasteiger partial charge in [0.2, 0.25) is 5.43 Å². The Hall–Kier alpha value is -3.28. The largest absolute Gasteiger partial charge is 0.483 e. The van der Waals surface area contributed by atoms with Gasteiger partial charge in [-0.05, 0) is 30.7 Å². The molecule has 4 nitrogen and oxygen atoms in total. The first kappa shape index (κ1) is 18.5. The number of rotatable bonds is 6. The highest BCUT2D eigenvalue weighted by atomic mass is 19.2. The van der Waals surface area contributed by atoms with Gasteiger partial charge in [0.25, 0.3) is 0 Å². The summed E-state index contributed by atoms with van der Waals surface area (Å²) in [5, 5.41) is 0. The van der Waals surface area contributed by atoms with Crippen LogP contribution in [0.25, 0.3) is 0 Å². The molecule has 0 bridgehead atoms. The van der Waals surface area contributed by atoms with Crippen LogP contribution in [0.1, 0.15) is 21.6 Å². The lowest BCUT2D eigenvalue weighted by Gasteiger charge is -2.14. The second-order valence-electron chi connectivity index (χ2n) is 6.05. The molecular formula is C21H17F2NO3. The molecule has 0 aliphatic carbocycles. The lowest BCUT2D eigenvalue weighted by atomic mass is 10.1. The Kier molecular flexibility index (Phi) is 5.45. The predicted molar refractivity (Wildman–Crippen MR) is 96.9 cm³/mol. The number of pyridine rings is 1. The number of aromatic nitrogens is 1. The molecule has 27 heavy (non-hydrogen) atoms. The average molecular weight is 369 g/mol. The molecule has 2 aromatic carbocycles. The molecular weight excluding hydrogens is 352 g/mol. The highest BCUT2D eigenvalue weighted by Crippen LogP contribution is 2.16. The SMILES string of the molecule is Cc1c(OCc2ccccc2)c(=O)ccn1CC(=O)c1ccc(F)c(F)c1. The fraction of sp³-hybridized carbons (Fsp3) is 0.143. The third kappa shape index (κ3) is 4.28. The maximum atomic E-state index is 13.3. The summed E-state index contributed by atoms with van der Waals surface area (Å²) in [6.07, 6.45) is 1.48. The topological polar surface area (TPSA) is 48.3 Å². The van der Waals surface area contributed by atoms with Crippen LogP contribution in [0.2, 0.25) is 0 Å². The number of hydrogen-bond donors (Lipinski definition) is 0. The van der Waals surface area contributed by atoms with Crippen LogP contribution < -0.4 is 10.2 Å². The number of hydrogen-bond acceptors (Lipinski definition) is 3. The second kappa shape index (κ2) is 7.95. The van der Waals surface area contributed by atoms with Crippen molar-refractivity contribution in [3.8, 4) is 5.75 Å². The quantitative estimate of drug-likeness (QED) is 0.619. The van der Waals surface area contributed by atoms with E-state index in [9.17, 15) is 18.4 Å². The zero-order valence-electron chi connectivity index (χ0n) is 14.6. The third-order valence-corrected chi connectivity index (χ3v) is 4.17. The predicted octanol–water partition coefficient (Wildman–Crippen LogP) is 3.90. The Balaban J connectivity index is 1.81. The molecule has 3 aromatic rings. The minimum Gasteiger partial charge on any atom is -0.483 e. The van der Waals surface area contributed by atoms with Crippen LogP contribution in [0.15, 0.2) is 65.6 Å². The molecule has 0 fully saturated rings. The van der Waals surface area contributed by atoms with Crippen molar-refractivity contribution in [1.82, 2.24) is 4.57 Å². The molecule has 138 valence electrons. The molecule has 0 unspecified atom stereocenters. The van der Waals surface area contributed by atoms with Crippen molar-refractivity contribution < 1.29 is 18.3 Å². The summed E-state index contributed by atoms with van der Waals surface area (Å²) in [5.74, 6) is -2.35. The monoisotopic (exact) mass is 369 g/mol. The minimum atomic E-state index is -1.08. The van der Waals surface area contributed by atoms with Crippen LogP contribution in [0.3, 0.4) is 0 Å². The lowest BCUT2D eigenvalue weighted by Crippen LogP contribution is -2.18. The van der Waals surface area contributed by atoms with Crippen LogP contribution in [-0.2, 0) is 13.2 Å². The van der Waals surface area contributed by atoms with Crippen LogP contribution in [-0.4, -0.2) is 10.4 Å². The van der Waals surface area contributed by atoms with E-state index in [-0.39, 0.29) is 29.9 Å². The number of carbonyl (C=O) groups is 1. The summed E-state index contributed by atoms with van der Waals surface area (Å²) in [6.45, 7) is 1.76. The van der Waals surface area contributed by atoms with E-state index >= 15 is 0 Å². The molecule has 1 heterocycles. The molecule has 6 heteroatoms. The van der Waals surface area contributed by atoms with E-state index in [2.05, 4.69) is 0 Å². The van der Waals surface area contributed by atoms with Gasteiger partial charge in [0.15, 0.2) is 23.2 Å². The number of benzene rings is 2. The maximum Gasteiger partial charge on any atom is 0.223 e. The van der Waals surface area contributed by atoms with Crippen molar-refractivity contribution in [2.75, 3.05) is 0 Å². The number of halogens is 2. The van der Waals surface area contributed by atoms with Crippen molar-refractivity contribution in [3.63, 3.8) is 0 Å². The van der Waals surface area contributed by atoms with Gasteiger partial charge in [-0.15, -0.1) is 0 Å². The van der Waals surface area contributed by atoms with Gasteiger partial charge >= 0.3 is 0 Å². The number of ketones is 1. The van der Waals surface area contributed by atoms with Gasteiger partial charge in [0.05, 0.1) is 12.2 Å². The Morgan fingerprint density at radius 2 is 1.78 bits per heavy atom. The molecule has 0 spiro atoms. The fourth-order valence-electron chi connectivity index (χ4n) is 2.65. The highest BCUT2D eigenvalue weighted by molar-refractivity contribution is 5.95. The van der Waals surface area contributed by atoms with Crippen molar-refractivity contribution in [2.45, 2.75) is 20.1 Å². The Morgan fingerprint density at radius 3 is 2.48 bits per heavy atom. The summed E-state index contributed by atoms with van der Waals surface area (Å²) in [7, 11) is 0. The first-order valence-electron chi connectivity index (χ1n) is 8.30. The van der Waals surface area contributed by atoms with E-state index in [4.69, 9.17) is 4.74 Å². The van der Waals surface area contributed by atoms with E-state index in [0.29, 0.717) is 5.69 Å². The number of carbonyl (C=O) groups excluding carboxylic acids is 1. The summed E-state index contributed by atoms with van der Waals surface area (Å²) in [4.78, 5) is 24.5. The average Bonchev–Trinajstić information content (AvgIpc) is 2.67. The van der Waals surface area contributed by atoms with E-state index in [1.807, 2.05) is 30.3 Å². The normalized spacial score (nSPS) is 10.6. The summed E-state index contributed by atoms with van der Waals surface area (Å²) in [6, 6.07) is 13.7. The van der Waals surface area contributed by atoms with Crippen molar-refractivity contribution in [1.29, 1.82) is 0 Å². The Labute approximate surface area is 154 Å². The molecule has 0 N–H and O–H groups in total. The molecule has 1 aromatic heterocycles. The lowest BCUT2D eigenvalue weighted by molar-refractivity contribution is 0.0970. The van der Waals surface area contributed by atoms with E-state index in [1.165, 1.54) is 18.3 Å². The first-order chi connectivity index (χ1) is 13.0. The van der Waals surface area contributed by atoms with Gasteiger partial charge in [0, 0.05) is 17.8 Å². The second-order valence-corrected chi connectivity index (χ2v) is 6.05. The molecule has 3 rings (SSSR count). The Bertz CT molecular complexity index is 1030. The molecule has 0 atom stereocenters. The van der Waals surface area contributed by atoms with Gasteiger partial charge in [-0.1, -0.05) is 30.3 Å². The standard InChI is InChI=1S/C21H17F2NO3/c1-14-21(27-13-15-5-3-2-4-6-15)19(25)9-10-24(14)12-20(26)16-7-8-17(22)18(23)11-16/h2-11H,12-13H2,1H3. The summed E-state index contributed by atoms with van der Waals surface area (Å²) in [5.41, 5.74) is 1.15. The van der Waals surface area contributed by atoms with Crippen LogP contribution in [0, 0.1) is 18.6 Å². The number of Topliss-reactive ketones (excluding diaryl/α,β-unsaturated/α-hetero) is 1. The molecule has 0 saturated heterocycles. The minimum absolute atomic E-state index is 0.0544. The number of ether oxygens (including phenoxy) is 1. The highest BCUT2D eigenvalue weighted by Gasteiger charge is 2.14. The number of nitrogens with zero attached hydrogens (tertiary/aromatic N) is 1. The van der Waals surface area contributed by atoms with E-state index in [1.54, 1.807) is 11.5 Å². The van der Waals surface area contributed by atoms with Crippen molar-refractivity contribution >= 4 is 5.78 Å². The zero-order valence-corrected chi connectivity index (χ0v) is 14.6. The van der Waals surface area contributed by atoms with Crippen LogP contribution in [0.4, 0.5) is 8.78 Å². The van der Waals surface area contributed by atoms with Gasteiger partial charge in [0.1, 0.15) is 6.61 Å². The van der Waals surface area contributed by atoms with Crippen LogP contribution in [0.5, 0.6) is 5.75 Å². The smallest absolute Gasteiger partial charge is 0.223 e. The van der Waals surface area contributed by atoms with E-state index in [0.717, 1.165) is 17.7 Å². The third-order valence-electron chi connectivity index (χ3n) is 4.17. The fourth-order valence-corrected chi connectivity index (χ4v) is 2.65. The van der Waals surface area contributed by atoms with Crippen molar-refractivity contribution in [2.24, 2.45) is 0 Å². The van der Waals surface area contributed by atoms with Gasteiger partial charge < -0.3 is 9.30 Å². The van der Waals surface area contributed by atoms with Crippen molar-refractivity contribution in [3.05, 3.63) is 99.5 Å².